The van der Waals surface area contributed by atoms with Gasteiger partial charge in [0.15, 0.2) is 0 Å². The van der Waals surface area contributed by atoms with E-state index in [1.807, 2.05) is 6.92 Å². The van der Waals surface area contributed by atoms with Gasteiger partial charge < -0.3 is 11.1 Å². The fourth-order valence-electron chi connectivity index (χ4n) is 1.23. The molecule has 3 N–H and O–H groups in total. The minimum Gasteiger partial charge on any atom is -0.348 e. The molecule has 0 aromatic heterocycles. The standard InChI is InChI=1S/C11H14BrFN2O/c1-2-8(6-14)15-11(16)7-3-4-10(13)9(12)5-7/h3-5,8H,2,6,14H2,1H3,(H,15,16). The molecule has 1 aromatic carbocycles. The Morgan fingerprint density at radius 2 is 2.31 bits per heavy atom. The van der Waals surface area contributed by atoms with Crippen molar-refractivity contribution in [2.45, 2.75) is 19.4 Å². The van der Waals surface area contributed by atoms with Gasteiger partial charge in [0.25, 0.3) is 5.91 Å². The summed E-state index contributed by atoms with van der Waals surface area (Å²) in [6, 6.07) is 4.10. The first-order valence-corrected chi connectivity index (χ1v) is 5.83. The molecule has 0 saturated heterocycles. The Hall–Kier alpha value is -0.940. The van der Waals surface area contributed by atoms with Crippen molar-refractivity contribution in [1.82, 2.24) is 5.32 Å². The Morgan fingerprint density at radius 3 is 2.81 bits per heavy atom. The first-order chi connectivity index (χ1) is 7.58. The Kier molecular flexibility index (Phi) is 4.89. The number of amides is 1. The van der Waals surface area contributed by atoms with Crippen LogP contribution in [0.1, 0.15) is 23.7 Å². The summed E-state index contributed by atoms with van der Waals surface area (Å²) in [4.78, 5) is 11.7. The van der Waals surface area contributed by atoms with Gasteiger partial charge in [-0.05, 0) is 40.5 Å². The van der Waals surface area contributed by atoms with E-state index in [4.69, 9.17) is 5.73 Å². The van der Waals surface area contributed by atoms with Gasteiger partial charge in [-0.3, -0.25) is 4.79 Å². The first kappa shape index (κ1) is 13.1. The van der Waals surface area contributed by atoms with Crippen LogP contribution in [-0.2, 0) is 0 Å². The minimum absolute atomic E-state index is 0.0451. The van der Waals surface area contributed by atoms with E-state index in [0.717, 1.165) is 6.42 Å². The van der Waals surface area contributed by atoms with Crippen molar-refractivity contribution < 1.29 is 9.18 Å². The fraction of sp³-hybridized carbons (Fsp3) is 0.364. The number of halogens is 2. The maximum atomic E-state index is 13.0. The average Bonchev–Trinajstić information content (AvgIpc) is 2.29. The van der Waals surface area contributed by atoms with Crippen molar-refractivity contribution in [2.24, 2.45) is 5.73 Å². The molecule has 1 amide bonds. The highest BCUT2D eigenvalue weighted by molar-refractivity contribution is 9.10. The molecule has 0 heterocycles. The van der Waals surface area contributed by atoms with Crippen LogP contribution in [0.4, 0.5) is 4.39 Å². The second kappa shape index (κ2) is 5.96. The largest absolute Gasteiger partial charge is 0.348 e. The van der Waals surface area contributed by atoms with E-state index in [1.54, 1.807) is 0 Å². The summed E-state index contributed by atoms with van der Waals surface area (Å²) in [5, 5.41) is 2.77. The van der Waals surface area contributed by atoms with E-state index in [9.17, 15) is 9.18 Å². The third-order valence-corrected chi connectivity index (χ3v) is 2.90. The average molecular weight is 289 g/mol. The first-order valence-electron chi connectivity index (χ1n) is 5.04. The number of rotatable bonds is 4. The molecular weight excluding hydrogens is 275 g/mol. The van der Waals surface area contributed by atoms with Crippen molar-refractivity contribution in [2.75, 3.05) is 6.54 Å². The molecule has 88 valence electrons. The van der Waals surface area contributed by atoms with Gasteiger partial charge in [0.1, 0.15) is 5.82 Å². The highest BCUT2D eigenvalue weighted by Crippen LogP contribution is 2.16. The van der Waals surface area contributed by atoms with Crippen LogP contribution in [0, 0.1) is 5.82 Å². The highest BCUT2D eigenvalue weighted by atomic mass is 79.9. The van der Waals surface area contributed by atoms with Gasteiger partial charge >= 0.3 is 0 Å². The lowest BCUT2D eigenvalue weighted by molar-refractivity contribution is 0.0937. The number of hydrogen-bond acceptors (Lipinski definition) is 2. The van der Waals surface area contributed by atoms with Crippen LogP contribution in [0.25, 0.3) is 0 Å². The van der Waals surface area contributed by atoms with Crippen molar-refractivity contribution >= 4 is 21.8 Å². The van der Waals surface area contributed by atoms with Crippen LogP contribution in [0.3, 0.4) is 0 Å². The molecule has 0 saturated carbocycles. The lowest BCUT2D eigenvalue weighted by atomic mass is 10.1. The molecule has 0 radical (unpaired) electrons. The van der Waals surface area contributed by atoms with Crippen LogP contribution < -0.4 is 11.1 Å². The number of nitrogens with two attached hydrogens (primary N) is 1. The lowest BCUT2D eigenvalue weighted by Crippen LogP contribution is -2.39. The van der Waals surface area contributed by atoms with Crippen molar-refractivity contribution in [3.63, 3.8) is 0 Å². The summed E-state index contributed by atoms with van der Waals surface area (Å²) < 4.78 is 13.2. The van der Waals surface area contributed by atoms with Gasteiger partial charge in [-0.2, -0.15) is 0 Å². The summed E-state index contributed by atoms with van der Waals surface area (Å²) in [7, 11) is 0. The van der Waals surface area contributed by atoms with Crippen LogP contribution in [-0.4, -0.2) is 18.5 Å². The zero-order chi connectivity index (χ0) is 12.1. The second-order valence-electron chi connectivity index (χ2n) is 3.44. The smallest absolute Gasteiger partial charge is 0.251 e. The maximum absolute atomic E-state index is 13.0. The van der Waals surface area contributed by atoms with Gasteiger partial charge in [0, 0.05) is 18.2 Å². The molecular formula is C11H14BrFN2O. The van der Waals surface area contributed by atoms with Gasteiger partial charge in [0.2, 0.25) is 0 Å². The fourth-order valence-corrected chi connectivity index (χ4v) is 1.61. The van der Waals surface area contributed by atoms with E-state index in [-0.39, 0.29) is 22.2 Å². The maximum Gasteiger partial charge on any atom is 0.251 e. The summed E-state index contributed by atoms with van der Waals surface area (Å²) in [6.45, 7) is 2.34. The summed E-state index contributed by atoms with van der Waals surface area (Å²) in [5.41, 5.74) is 5.90. The van der Waals surface area contributed by atoms with Crippen LogP contribution in [0.5, 0.6) is 0 Å². The van der Waals surface area contributed by atoms with E-state index in [1.165, 1.54) is 18.2 Å². The zero-order valence-corrected chi connectivity index (χ0v) is 10.6. The molecule has 1 rings (SSSR count). The van der Waals surface area contributed by atoms with Crippen molar-refractivity contribution in [3.05, 3.63) is 34.1 Å². The summed E-state index contributed by atoms with van der Waals surface area (Å²) in [6.07, 6.45) is 0.768. The zero-order valence-electron chi connectivity index (χ0n) is 8.97. The third-order valence-electron chi connectivity index (χ3n) is 2.29. The monoisotopic (exact) mass is 288 g/mol. The Balaban J connectivity index is 2.76. The van der Waals surface area contributed by atoms with Crippen molar-refractivity contribution in [3.8, 4) is 0 Å². The number of carbonyl (C=O) groups is 1. The molecule has 0 bridgehead atoms. The topological polar surface area (TPSA) is 55.1 Å². The third kappa shape index (κ3) is 3.28. The van der Waals surface area contributed by atoms with Crippen LogP contribution >= 0.6 is 15.9 Å². The molecule has 0 spiro atoms. The number of benzene rings is 1. The molecule has 3 nitrogen and oxygen atoms in total. The van der Waals surface area contributed by atoms with Gasteiger partial charge in [-0.1, -0.05) is 6.92 Å². The Morgan fingerprint density at radius 1 is 1.62 bits per heavy atom. The number of carbonyl (C=O) groups excluding carboxylic acids is 1. The normalized spacial score (nSPS) is 12.2. The van der Waals surface area contributed by atoms with Crippen LogP contribution in [0.15, 0.2) is 22.7 Å². The second-order valence-corrected chi connectivity index (χ2v) is 4.30. The molecule has 5 heteroatoms. The van der Waals surface area contributed by atoms with Crippen molar-refractivity contribution in [1.29, 1.82) is 0 Å². The number of hydrogen-bond donors (Lipinski definition) is 2. The van der Waals surface area contributed by atoms with Gasteiger partial charge in [-0.15, -0.1) is 0 Å². The van der Waals surface area contributed by atoms with Gasteiger partial charge in [0.05, 0.1) is 4.47 Å². The Labute approximate surface area is 102 Å². The highest BCUT2D eigenvalue weighted by Gasteiger charge is 2.12. The lowest BCUT2D eigenvalue weighted by Gasteiger charge is -2.14. The molecule has 0 aliphatic rings. The minimum atomic E-state index is -0.387. The Bertz CT molecular complexity index is 380. The molecule has 0 aliphatic carbocycles. The van der Waals surface area contributed by atoms with E-state index in [2.05, 4.69) is 21.2 Å². The molecule has 16 heavy (non-hydrogen) atoms. The predicted octanol–water partition coefficient (Wildman–Crippen LogP) is 2.06. The van der Waals surface area contributed by atoms with E-state index >= 15 is 0 Å². The summed E-state index contributed by atoms with van der Waals surface area (Å²) >= 11 is 3.04. The SMILES string of the molecule is CCC(CN)NC(=O)c1ccc(F)c(Br)c1. The molecule has 1 unspecified atom stereocenters. The number of nitrogens with one attached hydrogen (secondary N) is 1. The molecule has 0 fully saturated rings. The quantitative estimate of drug-likeness (QED) is 0.891. The molecule has 0 aliphatic heterocycles. The predicted molar refractivity (Wildman–Crippen MR) is 64.7 cm³/mol. The van der Waals surface area contributed by atoms with E-state index in [0.29, 0.717) is 12.1 Å². The molecule has 1 atom stereocenters. The molecule has 1 aromatic rings. The summed E-state index contributed by atoms with van der Waals surface area (Å²) in [5.74, 6) is -0.625. The van der Waals surface area contributed by atoms with Crippen LogP contribution in [0.2, 0.25) is 0 Å². The van der Waals surface area contributed by atoms with Gasteiger partial charge in [-0.25, -0.2) is 4.39 Å². The van der Waals surface area contributed by atoms with E-state index < -0.39 is 0 Å².